The summed E-state index contributed by atoms with van der Waals surface area (Å²) in [7, 11) is 1.67. The molecule has 0 bridgehead atoms. The van der Waals surface area contributed by atoms with Gasteiger partial charge in [-0.1, -0.05) is 12.1 Å². The van der Waals surface area contributed by atoms with E-state index in [1.165, 1.54) is 0 Å². The van der Waals surface area contributed by atoms with Crippen LogP contribution in [-0.2, 0) is 11.2 Å². The SMILES string of the molecule is COc1cccc(CC(C)NC(=O)N2CCN3CCOCC3C2)c1. The van der Waals surface area contributed by atoms with Crippen LogP contribution in [0.1, 0.15) is 12.5 Å². The molecule has 0 aromatic heterocycles. The summed E-state index contributed by atoms with van der Waals surface area (Å²) in [4.78, 5) is 16.9. The number of rotatable bonds is 4. The summed E-state index contributed by atoms with van der Waals surface area (Å²) in [5.41, 5.74) is 1.16. The van der Waals surface area contributed by atoms with Crippen molar-refractivity contribution >= 4 is 6.03 Å². The lowest BCUT2D eigenvalue weighted by Crippen LogP contribution is -2.61. The Morgan fingerprint density at radius 2 is 2.29 bits per heavy atom. The number of fused-ring (bicyclic) bond motifs is 1. The van der Waals surface area contributed by atoms with E-state index in [4.69, 9.17) is 9.47 Å². The maximum Gasteiger partial charge on any atom is 0.317 e. The zero-order valence-corrected chi connectivity index (χ0v) is 14.5. The lowest BCUT2D eigenvalue weighted by atomic mass is 10.1. The number of hydrogen-bond acceptors (Lipinski definition) is 4. The van der Waals surface area contributed by atoms with Gasteiger partial charge in [-0.15, -0.1) is 0 Å². The Morgan fingerprint density at radius 3 is 3.12 bits per heavy atom. The molecule has 2 atom stereocenters. The molecule has 132 valence electrons. The maximum absolute atomic E-state index is 12.5. The van der Waals surface area contributed by atoms with Crippen LogP contribution in [0.2, 0.25) is 0 Å². The number of carbonyl (C=O) groups is 1. The van der Waals surface area contributed by atoms with Gasteiger partial charge in [0, 0.05) is 32.2 Å². The smallest absolute Gasteiger partial charge is 0.317 e. The van der Waals surface area contributed by atoms with Gasteiger partial charge in [-0.05, 0) is 31.0 Å². The molecular weight excluding hydrogens is 306 g/mol. The second kappa shape index (κ2) is 7.85. The van der Waals surface area contributed by atoms with Crippen molar-refractivity contribution in [1.29, 1.82) is 0 Å². The number of amides is 2. The Bertz CT molecular complexity index is 566. The molecule has 0 saturated carbocycles. The van der Waals surface area contributed by atoms with Gasteiger partial charge in [0.2, 0.25) is 0 Å². The fraction of sp³-hybridized carbons (Fsp3) is 0.611. The molecule has 6 nitrogen and oxygen atoms in total. The topological polar surface area (TPSA) is 54.0 Å². The molecule has 1 aromatic carbocycles. The predicted octanol–water partition coefficient (Wildman–Crippen LogP) is 1.35. The maximum atomic E-state index is 12.5. The minimum atomic E-state index is 0.0237. The van der Waals surface area contributed by atoms with Crippen LogP contribution in [0.3, 0.4) is 0 Å². The first-order chi connectivity index (χ1) is 11.7. The van der Waals surface area contributed by atoms with E-state index in [2.05, 4.69) is 16.3 Å². The van der Waals surface area contributed by atoms with Crippen molar-refractivity contribution < 1.29 is 14.3 Å². The average molecular weight is 333 g/mol. The summed E-state index contributed by atoms with van der Waals surface area (Å²) in [6.07, 6.45) is 0.787. The number of morpholine rings is 1. The molecule has 2 aliphatic rings. The summed E-state index contributed by atoms with van der Waals surface area (Å²) < 4.78 is 10.8. The monoisotopic (exact) mass is 333 g/mol. The predicted molar refractivity (Wildman–Crippen MR) is 92.4 cm³/mol. The van der Waals surface area contributed by atoms with Crippen LogP contribution >= 0.6 is 0 Å². The summed E-state index contributed by atoms with van der Waals surface area (Å²) in [6.45, 7) is 7.02. The lowest BCUT2D eigenvalue weighted by Gasteiger charge is -2.43. The third kappa shape index (κ3) is 4.19. The molecule has 0 aliphatic carbocycles. The lowest BCUT2D eigenvalue weighted by molar-refractivity contribution is -0.0366. The number of methoxy groups -OCH3 is 1. The van der Waals surface area contributed by atoms with E-state index in [0.29, 0.717) is 6.04 Å². The molecule has 2 saturated heterocycles. The van der Waals surface area contributed by atoms with Crippen molar-refractivity contribution in [2.75, 3.05) is 46.5 Å². The minimum Gasteiger partial charge on any atom is -0.497 e. The second-order valence-electron chi connectivity index (χ2n) is 6.62. The summed E-state index contributed by atoms with van der Waals surface area (Å²) >= 11 is 0. The fourth-order valence-corrected chi connectivity index (χ4v) is 3.44. The van der Waals surface area contributed by atoms with E-state index >= 15 is 0 Å². The first-order valence-corrected chi connectivity index (χ1v) is 8.66. The van der Waals surface area contributed by atoms with Crippen LogP contribution < -0.4 is 10.1 Å². The fourth-order valence-electron chi connectivity index (χ4n) is 3.44. The Morgan fingerprint density at radius 1 is 1.42 bits per heavy atom. The van der Waals surface area contributed by atoms with Crippen LogP contribution in [0, 0.1) is 0 Å². The van der Waals surface area contributed by atoms with E-state index in [-0.39, 0.29) is 12.1 Å². The Kier molecular flexibility index (Phi) is 5.58. The molecule has 0 spiro atoms. The van der Waals surface area contributed by atoms with Gasteiger partial charge in [-0.2, -0.15) is 0 Å². The molecule has 3 rings (SSSR count). The van der Waals surface area contributed by atoms with Crippen LogP contribution in [0.25, 0.3) is 0 Å². The number of urea groups is 1. The zero-order valence-electron chi connectivity index (χ0n) is 14.5. The molecular formula is C18H27N3O3. The van der Waals surface area contributed by atoms with Crippen molar-refractivity contribution in [3.63, 3.8) is 0 Å². The van der Waals surface area contributed by atoms with Crippen molar-refractivity contribution in [3.05, 3.63) is 29.8 Å². The van der Waals surface area contributed by atoms with Gasteiger partial charge in [-0.25, -0.2) is 4.79 Å². The van der Waals surface area contributed by atoms with E-state index in [1.807, 2.05) is 30.0 Å². The Balaban J connectivity index is 1.50. The van der Waals surface area contributed by atoms with E-state index in [9.17, 15) is 4.79 Å². The minimum absolute atomic E-state index is 0.0237. The highest BCUT2D eigenvalue weighted by molar-refractivity contribution is 5.74. The van der Waals surface area contributed by atoms with Crippen LogP contribution in [0.4, 0.5) is 4.79 Å². The van der Waals surface area contributed by atoms with Crippen LogP contribution in [0.15, 0.2) is 24.3 Å². The molecule has 2 amide bonds. The molecule has 1 N–H and O–H groups in total. The molecule has 2 unspecified atom stereocenters. The number of benzene rings is 1. The molecule has 24 heavy (non-hydrogen) atoms. The van der Waals surface area contributed by atoms with Crippen LogP contribution in [0.5, 0.6) is 5.75 Å². The summed E-state index contributed by atoms with van der Waals surface area (Å²) in [5, 5.41) is 3.12. The van der Waals surface area contributed by atoms with E-state index < -0.39 is 0 Å². The average Bonchev–Trinajstić information content (AvgIpc) is 2.61. The van der Waals surface area contributed by atoms with Crippen LogP contribution in [-0.4, -0.2) is 74.4 Å². The summed E-state index contributed by atoms with van der Waals surface area (Å²) in [5.74, 6) is 0.847. The van der Waals surface area contributed by atoms with Crippen molar-refractivity contribution in [2.45, 2.75) is 25.4 Å². The first-order valence-electron chi connectivity index (χ1n) is 8.66. The largest absolute Gasteiger partial charge is 0.497 e. The van der Waals surface area contributed by atoms with Crippen molar-refractivity contribution in [3.8, 4) is 5.75 Å². The Hall–Kier alpha value is -1.79. The quantitative estimate of drug-likeness (QED) is 0.904. The Labute approximate surface area is 143 Å². The van der Waals surface area contributed by atoms with Crippen molar-refractivity contribution in [1.82, 2.24) is 15.1 Å². The molecule has 2 fully saturated rings. The number of carbonyl (C=O) groups excluding carboxylic acids is 1. The number of nitrogens with one attached hydrogen (secondary N) is 1. The summed E-state index contributed by atoms with van der Waals surface area (Å²) in [6, 6.07) is 8.42. The third-order valence-electron chi connectivity index (χ3n) is 4.77. The highest BCUT2D eigenvalue weighted by Gasteiger charge is 2.31. The molecule has 2 aliphatic heterocycles. The highest BCUT2D eigenvalue weighted by atomic mass is 16.5. The molecule has 2 heterocycles. The number of nitrogens with zero attached hydrogens (tertiary/aromatic N) is 2. The molecule has 0 radical (unpaired) electrons. The molecule has 6 heteroatoms. The van der Waals surface area contributed by atoms with Gasteiger partial charge < -0.3 is 19.7 Å². The number of hydrogen-bond donors (Lipinski definition) is 1. The standard InChI is InChI=1S/C18H27N3O3/c1-14(10-15-4-3-5-17(11-15)23-2)19-18(22)21-7-6-20-8-9-24-13-16(20)12-21/h3-5,11,14,16H,6-10,12-13H2,1-2H3,(H,19,22). The highest BCUT2D eigenvalue weighted by Crippen LogP contribution is 2.15. The van der Waals surface area contributed by atoms with Gasteiger partial charge in [0.25, 0.3) is 0 Å². The second-order valence-corrected chi connectivity index (χ2v) is 6.62. The number of piperazine rings is 1. The van der Waals surface area contributed by atoms with Gasteiger partial charge in [0.15, 0.2) is 0 Å². The normalized spacial score (nSPS) is 22.6. The third-order valence-corrected chi connectivity index (χ3v) is 4.77. The first kappa shape index (κ1) is 17.0. The molecule has 1 aromatic rings. The van der Waals surface area contributed by atoms with Gasteiger partial charge in [0.1, 0.15) is 5.75 Å². The zero-order chi connectivity index (χ0) is 16.9. The van der Waals surface area contributed by atoms with Gasteiger partial charge in [-0.3, -0.25) is 4.90 Å². The van der Waals surface area contributed by atoms with Gasteiger partial charge in [0.05, 0.1) is 26.4 Å². The van der Waals surface area contributed by atoms with Crippen molar-refractivity contribution in [2.24, 2.45) is 0 Å². The van der Waals surface area contributed by atoms with E-state index in [0.717, 1.165) is 57.1 Å². The number of ether oxygens (including phenoxy) is 2. The van der Waals surface area contributed by atoms with Gasteiger partial charge >= 0.3 is 6.03 Å². The van der Waals surface area contributed by atoms with E-state index in [1.54, 1.807) is 7.11 Å².